The molecule has 0 bridgehead atoms. The number of aliphatic hydroxyl groups excluding tert-OH is 1. The quantitative estimate of drug-likeness (QED) is 0.688. The molecule has 1 aliphatic rings. The van der Waals surface area contributed by atoms with Gasteiger partial charge in [0.2, 0.25) is 0 Å². The summed E-state index contributed by atoms with van der Waals surface area (Å²) in [6, 6.07) is 7.95. The molecule has 21 heavy (non-hydrogen) atoms. The van der Waals surface area contributed by atoms with E-state index in [0.717, 1.165) is 24.2 Å². The lowest BCUT2D eigenvalue weighted by Crippen LogP contribution is -2.37. The van der Waals surface area contributed by atoms with Crippen LogP contribution in [0.3, 0.4) is 0 Å². The Bertz CT molecular complexity index is 457. The molecule has 1 aromatic carbocycles. The zero-order chi connectivity index (χ0) is 15.5. The molecule has 1 aromatic rings. The van der Waals surface area contributed by atoms with Crippen LogP contribution in [0.15, 0.2) is 24.3 Å². The number of nitrogens with one attached hydrogen (secondary N) is 1. The fourth-order valence-corrected chi connectivity index (χ4v) is 2.87. The van der Waals surface area contributed by atoms with Crippen molar-refractivity contribution in [2.24, 2.45) is 5.92 Å². The molecule has 118 valence electrons. The largest absolute Gasteiger partial charge is 0.496 e. The lowest BCUT2D eigenvalue weighted by atomic mass is 9.93. The number of para-hydroxylation sites is 1. The predicted octanol–water partition coefficient (Wildman–Crippen LogP) is 2.26. The highest BCUT2D eigenvalue weighted by atomic mass is 16.5. The van der Waals surface area contributed by atoms with Gasteiger partial charge in [-0.2, -0.15) is 0 Å². The Morgan fingerprint density at radius 3 is 2.67 bits per heavy atom. The summed E-state index contributed by atoms with van der Waals surface area (Å²) in [7, 11) is 1.66. The van der Waals surface area contributed by atoms with Gasteiger partial charge in [-0.15, -0.1) is 0 Å². The zero-order valence-corrected chi connectivity index (χ0v) is 13.2. The van der Waals surface area contributed by atoms with Crippen LogP contribution in [0.4, 0.5) is 0 Å². The SMILES string of the molecule is COc1ccccc1C(C)NCC(O)CC(C)(O)C1CC1. The summed E-state index contributed by atoms with van der Waals surface area (Å²) in [6.07, 6.45) is 2.02. The highest BCUT2D eigenvalue weighted by Gasteiger charge is 2.40. The van der Waals surface area contributed by atoms with Gasteiger partial charge in [0, 0.05) is 24.6 Å². The molecule has 2 rings (SSSR count). The van der Waals surface area contributed by atoms with Crippen LogP contribution < -0.4 is 10.1 Å². The summed E-state index contributed by atoms with van der Waals surface area (Å²) in [5, 5.41) is 23.7. The second-order valence-electron chi connectivity index (χ2n) is 6.36. The number of hydrogen-bond acceptors (Lipinski definition) is 4. The van der Waals surface area contributed by atoms with E-state index in [-0.39, 0.29) is 6.04 Å². The maximum Gasteiger partial charge on any atom is 0.123 e. The Labute approximate surface area is 127 Å². The average molecular weight is 293 g/mol. The van der Waals surface area contributed by atoms with Crippen molar-refractivity contribution in [3.05, 3.63) is 29.8 Å². The molecule has 3 atom stereocenters. The fraction of sp³-hybridized carbons (Fsp3) is 0.647. The molecule has 4 nitrogen and oxygen atoms in total. The summed E-state index contributed by atoms with van der Waals surface area (Å²) < 4.78 is 5.35. The topological polar surface area (TPSA) is 61.7 Å². The number of aliphatic hydroxyl groups is 2. The van der Waals surface area contributed by atoms with Gasteiger partial charge in [0.15, 0.2) is 0 Å². The molecule has 0 aromatic heterocycles. The van der Waals surface area contributed by atoms with Crippen molar-refractivity contribution in [1.29, 1.82) is 0 Å². The van der Waals surface area contributed by atoms with Gasteiger partial charge in [-0.1, -0.05) is 18.2 Å². The summed E-state index contributed by atoms with van der Waals surface area (Å²) in [5.74, 6) is 1.20. The first-order valence-corrected chi connectivity index (χ1v) is 7.71. The minimum Gasteiger partial charge on any atom is -0.496 e. The molecule has 3 unspecified atom stereocenters. The molecule has 0 radical (unpaired) electrons. The third-order valence-electron chi connectivity index (χ3n) is 4.37. The molecular weight excluding hydrogens is 266 g/mol. The minimum atomic E-state index is -0.741. The van der Waals surface area contributed by atoms with Gasteiger partial charge in [-0.05, 0) is 38.7 Å². The third-order valence-corrected chi connectivity index (χ3v) is 4.37. The van der Waals surface area contributed by atoms with Gasteiger partial charge >= 0.3 is 0 Å². The van der Waals surface area contributed by atoms with E-state index in [1.807, 2.05) is 38.1 Å². The van der Waals surface area contributed by atoms with Crippen LogP contribution in [-0.2, 0) is 0 Å². The van der Waals surface area contributed by atoms with E-state index in [9.17, 15) is 10.2 Å². The van der Waals surface area contributed by atoms with E-state index in [1.54, 1.807) is 7.11 Å². The monoisotopic (exact) mass is 293 g/mol. The number of methoxy groups -OCH3 is 1. The van der Waals surface area contributed by atoms with E-state index in [4.69, 9.17) is 4.74 Å². The summed E-state index contributed by atoms with van der Waals surface area (Å²) in [6.45, 7) is 4.34. The van der Waals surface area contributed by atoms with Crippen molar-refractivity contribution in [1.82, 2.24) is 5.32 Å². The molecule has 0 aliphatic heterocycles. The molecule has 0 saturated heterocycles. The normalized spacial score (nSPS) is 20.6. The standard InChI is InChI=1S/C17H27NO3/c1-12(15-6-4-5-7-16(15)21-3)18-11-14(19)10-17(2,20)13-8-9-13/h4-7,12-14,18-20H,8-11H2,1-3H3. The maximum absolute atomic E-state index is 10.3. The Kier molecular flexibility index (Phi) is 5.25. The molecule has 1 aliphatic carbocycles. The summed E-state index contributed by atoms with van der Waals surface area (Å²) in [4.78, 5) is 0. The highest BCUT2D eigenvalue weighted by Crippen LogP contribution is 2.41. The Morgan fingerprint density at radius 1 is 1.38 bits per heavy atom. The van der Waals surface area contributed by atoms with E-state index >= 15 is 0 Å². The molecule has 1 fully saturated rings. The van der Waals surface area contributed by atoms with Crippen molar-refractivity contribution >= 4 is 0 Å². The van der Waals surface area contributed by atoms with Crippen molar-refractivity contribution in [2.75, 3.05) is 13.7 Å². The molecular formula is C17H27NO3. The molecule has 1 saturated carbocycles. The van der Waals surface area contributed by atoms with Gasteiger partial charge in [0.05, 0.1) is 18.8 Å². The number of benzene rings is 1. The van der Waals surface area contributed by atoms with Crippen LogP contribution in [0.2, 0.25) is 0 Å². The van der Waals surface area contributed by atoms with Gasteiger partial charge < -0.3 is 20.3 Å². The fourth-order valence-electron chi connectivity index (χ4n) is 2.87. The third kappa shape index (κ3) is 4.43. The van der Waals surface area contributed by atoms with Crippen LogP contribution in [0.5, 0.6) is 5.75 Å². The first kappa shape index (κ1) is 16.3. The molecule has 0 heterocycles. The van der Waals surface area contributed by atoms with Crippen molar-refractivity contribution in [3.63, 3.8) is 0 Å². The van der Waals surface area contributed by atoms with Crippen molar-refractivity contribution < 1.29 is 14.9 Å². The van der Waals surface area contributed by atoms with Crippen molar-refractivity contribution in [2.45, 2.75) is 50.9 Å². The lowest BCUT2D eigenvalue weighted by Gasteiger charge is -2.27. The second-order valence-corrected chi connectivity index (χ2v) is 6.36. The second kappa shape index (κ2) is 6.77. The Hall–Kier alpha value is -1.10. The summed E-state index contributed by atoms with van der Waals surface area (Å²) >= 11 is 0. The molecule has 0 amide bonds. The highest BCUT2D eigenvalue weighted by molar-refractivity contribution is 5.35. The Morgan fingerprint density at radius 2 is 2.05 bits per heavy atom. The first-order valence-electron chi connectivity index (χ1n) is 7.71. The Balaban J connectivity index is 1.84. The average Bonchev–Trinajstić information content (AvgIpc) is 3.29. The smallest absolute Gasteiger partial charge is 0.123 e. The van der Waals surface area contributed by atoms with Crippen LogP contribution in [-0.4, -0.2) is 35.6 Å². The number of hydrogen-bond donors (Lipinski definition) is 3. The first-order chi connectivity index (χ1) is 9.94. The molecule has 0 spiro atoms. The van der Waals surface area contributed by atoms with Crippen molar-refractivity contribution in [3.8, 4) is 5.75 Å². The lowest BCUT2D eigenvalue weighted by molar-refractivity contribution is -0.0134. The van der Waals surface area contributed by atoms with Gasteiger partial charge in [-0.25, -0.2) is 0 Å². The van der Waals surface area contributed by atoms with Crippen LogP contribution >= 0.6 is 0 Å². The number of ether oxygens (including phenoxy) is 1. The van der Waals surface area contributed by atoms with Gasteiger partial charge in [-0.3, -0.25) is 0 Å². The zero-order valence-electron chi connectivity index (χ0n) is 13.2. The molecule has 4 heteroatoms. The summed E-state index contributed by atoms with van der Waals surface area (Å²) in [5.41, 5.74) is 0.329. The maximum atomic E-state index is 10.3. The van der Waals surface area contributed by atoms with E-state index < -0.39 is 11.7 Å². The van der Waals surface area contributed by atoms with Crippen LogP contribution in [0, 0.1) is 5.92 Å². The van der Waals surface area contributed by atoms with E-state index in [0.29, 0.717) is 18.9 Å². The van der Waals surface area contributed by atoms with Gasteiger partial charge in [0.1, 0.15) is 5.75 Å². The molecule has 3 N–H and O–H groups in total. The van der Waals surface area contributed by atoms with Crippen LogP contribution in [0.25, 0.3) is 0 Å². The number of rotatable bonds is 8. The van der Waals surface area contributed by atoms with Gasteiger partial charge in [0.25, 0.3) is 0 Å². The van der Waals surface area contributed by atoms with E-state index in [1.165, 1.54) is 0 Å². The minimum absolute atomic E-state index is 0.0849. The predicted molar refractivity (Wildman–Crippen MR) is 83.4 cm³/mol. The van der Waals surface area contributed by atoms with E-state index in [2.05, 4.69) is 5.32 Å². The van der Waals surface area contributed by atoms with Crippen LogP contribution in [0.1, 0.15) is 44.7 Å².